The van der Waals surface area contributed by atoms with E-state index >= 15 is 0 Å². The van der Waals surface area contributed by atoms with Gasteiger partial charge < -0.3 is 10.1 Å². The van der Waals surface area contributed by atoms with Gasteiger partial charge in [-0.05, 0) is 37.1 Å². The van der Waals surface area contributed by atoms with Gasteiger partial charge in [-0.3, -0.25) is 4.79 Å². The lowest BCUT2D eigenvalue weighted by Crippen LogP contribution is -2.26. The Labute approximate surface area is 139 Å². The van der Waals surface area contributed by atoms with E-state index in [2.05, 4.69) is 21.2 Å². The lowest BCUT2D eigenvalue weighted by atomic mass is 10.1. The van der Waals surface area contributed by atoms with Gasteiger partial charge in [0.05, 0.1) is 12.6 Å². The molecule has 0 heterocycles. The minimum Gasteiger partial charge on any atom is -0.494 e. The molecule has 1 amide bonds. The van der Waals surface area contributed by atoms with Crippen LogP contribution in [-0.4, -0.2) is 12.5 Å². The zero-order valence-corrected chi connectivity index (χ0v) is 14.2. The monoisotopic (exact) mass is 361 g/mol. The van der Waals surface area contributed by atoms with Gasteiger partial charge >= 0.3 is 0 Å². The highest BCUT2D eigenvalue weighted by Gasteiger charge is 2.08. The maximum Gasteiger partial charge on any atom is 0.220 e. The van der Waals surface area contributed by atoms with Gasteiger partial charge in [0, 0.05) is 10.9 Å². The van der Waals surface area contributed by atoms with Crippen molar-refractivity contribution < 1.29 is 9.53 Å². The Morgan fingerprint density at radius 3 is 2.68 bits per heavy atom. The van der Waals surface area contributed by atoms with Gasteiger partial charge in [-0.15, -0.1) is 0 Å². The molecular formula is C18H20BrNO2. The zero-order valence-electron chi connectivity index (χ0n) is 12.6. The number of hydrogen-bond acceptors (Lipinski definition) is 2. The third kappa shape index (κ3) is 5.53. The number of ether oxygens (including phenoxy) is 1. The van der Waals surface area contributed by atoms with Gasteiger partial charge in [0.1, 0.15) is 5.75 Å². The van der Waals surface area contributed by atoms with Crippen LogP contribution in [0.25, 0.3) is 0 Å². The lowest BCUT2D eigenvalue weighted by Gasteiger charge is -2.14. The smallest absolute Gasteiger partial charge is 0.220 e. The van der Waals surface area contributed by atoms with Crippen LogP contribution in [0.2, 0.25) is 0 Å². The summed E-state index contributed by atoms with van der Waals surface area (Å²) in [5, 5.41) is 3.00. The molecule has 22 heavy (non-hydrogen) atoms. The first-order valence-electron chi connectivity index (χ1n) is 7.38. The number of halogens is 1. The first-order chi connectivity index (χ1) is 10.6. The number of carbonyl (C=O) groups is 1. The Balaban J connectivity index is 1.68. The first kappa shape index (κ1) is 16.6. The molecular weight excluding hydrogens is 342 g/mol. The van der Waals surface area contributed by atoms with E-state index < -0.39 is 0 Å². The first-order valence-corrected chi connectivity index (χ1v) is 8.17. The molecule has 2 aromatic carbocycles. The van der Waals surface area contributed by atoms with E-state index in [1.54, 1.807) is 0 Å². The quantitative estimate of drug-likeness (QED) is 0.738. The summed E-state index contributed by atoms with van der Waals surface area (Å²) in [7, 11) is 0. The maximum absolute atomic E-state index is 11.9. The van der Waals surface area contributed by atoms with Crippen LogP contribution in [0.15, 0.2) is 59.1 Å². The van der Waals surface area contributed by atoms with Gasteiger partial charge in [-0.25, -0.2) is 0 Å². The van der Waals surface area contributed by atoms with Gasteiger partial charge in [0.15, 0.2) is 0 Å². The Morgan fingerprint density at radius 1 is 1.18 bits per heavy atom. The normalized spacial score (nSPS) is 11.7. The number of amides is 1. The molecule has 0 aliphatic rings. The third-order valence-electron chi connectivity index (χ3n) is 3.29. The average Bonchev–Trinajstić information content (AvgIpc) is 2.52. The van der Waals surface area contributed by atoms with E-state index in [0.717, 1.165) is 15.8 Å². The number of nitrogens with one attached hydrogen (secondary N) is 1. The molecule has 0 aliphatic carbocycles. The number of carbonyl (C=O) groups excluding carboxylic acids is 1. The summed E-state index contributed by atoms with van der Waals surface area (Å²) >= 11 is 3.40. The average molecular weight is 362 g/mol. The largest absolute Gasteiger partial charge is 0.494 e. The van der Waals surface area contributed by atoms with Crippen molar-refractivity contribution in [3.63, 3.8) is 0 Å². The van der Waals surface area contributed by atoms with Crippen LogP contribution in [0.4, 0.5) is 0 Å². The highest BCUT2D eigenvalue weighted by atomic mass is 79.9. The molecule has 0 aromatic heterocycles. The van der Waals surface area contributed by atoms with Gasteiger partial charge in [-0.1, -0.05) is 52.3 Å². The second-order valence-electron chi connectivity index (χ2n) is 5.11. The molecule has 0 radical (unpaired) electrons. The Bertz CT molecular complexity index is 601. The van der Waals surface area contributed by atoms with Crippen LogP contribution in [0.3, 0.4) is 0 Å². The van der Waals surface area contributed by atoms with Crippen LogP contribution in [0, 0.1) is 0 Å². The standard InChI is InChI=1S/C18H20BrNO2/c1-14(15-7-3-2-4-8-15)20-18(21)11-6-12-22-17-10-5-9-16(19)13-17/h2-5,7-10,13-14H,6,11-12H2,1H3,(H,20,21)/t14-/m1/s1. The van der Waals surface area contributed by atoms with E-state index in [-0.39, 0.29) is 11.9 Å². The maximum atomic E-state index is 11.9. The van der Waals surface area contributed by atoms with E-state index in [4.69, 9.17) is 4.74 Å². The van der Waals surface area contributed by atoms with Crippen LogP contribution in [0.5, 0.6) is 5.75 Å². The highest BCUT2D eigenvalue weighted by Crippen LogP contribution is 2.18. The van der Waals surface area contributed by atoms with Gasteiger partial charge in [0.2, 0.25) is 5.91 Å². The van der Waals surface area contributed by atoms with E-state index in [0.29, 0.717) is 19.4 Å². The third-order valence-corrected chi connectivity index (χ3v) is 3.78. The number of rotatable bonds is 7. The summed E-state index contributed by atoms with van der Waals surface area (Å²) in [6, 6.07) is 17.7. The highest BCUT2D eigenvalue weighted by molar-refractivity contribution is 9.10. The molecule has 0 saturated heterocycles. The second kappa shape index (κ2) is 8.59. The number of hydrogen-bond donors (Lipinski definition) is 1. The summed E-state index contributed by atoms with van der Waals surface area (Å²) in [4.78, 5) is 11.9. The van der Waals surface area contributed by atoms with Crippen LogP contribution in [-0.2, 0) is 4.79 Å². The minimum absolute atomic E-state index is 0.0275. The molecule has 0 unspecified atom stereocenters. The molecule has 2 aromatic rings. The van der Waals surface area contributed by atoms with Gasteiger partial charge in [-0.2, -0.15) is 0 Å². The van der Waals surface area contributed by atoms with Crippen molar-refractivity contribution in [3.05, 3.63) is 64.6 Å². The van der Waals surface area contributed by atoms with E-state index in [1.165, 1.54) is 0 Å². The molecule has 116 valence electrons. The van der Waals surface area contributed by atoms with Crippen molar-refractivity contribution in [3.8, 4) is 5.75 Å². The molecule has 2 rings (SSSR count). The minimum atomic E-state index is 0.0275. The predicted molar refractivity (Wildman–Crippen MR) is 91.9 cm³/mol. The van der Waals surface area contributed by atoms with Crippen molar-refractivity contribution in [1.29, 1.82) is 0 Å². The van der Waals surface area contributed by atoms with Crippen molar-refractivity contribution in [2.24, 2.45) is 0 Å². The van der Waals surface area contributed by atoms with Crippen LogP contribution in [0.1, 0.15) is 31.4 Å². The van der Waals surface area contributed by atoms with Crippen molar-refractivity contribution in [2.75, 3.05) is 6.61 Å². The van der Waals surface area contributed by atoms with Crippen molar-refractivity contribution in [1.82, 2.24) is 5.32 Å². The SMILES string of the molecule is C[C@@H](NC(=O)CCCOc1cccc(Br)c1)c1ccccc1. The molecule has 4 heteroatoms. The van der Waals surface area contributed by atoms with Crippen molar-refractivity contribution >= 4 is 21.8 Å². The number of benzene rings is 2. The zero-order chi connectivity index (χ0) is 15.8. The summed E-state index contributed by atoms with van der Waals surface area (Å²) in [5.41, 5.74) is 1.11. The summed E-state index contributed by atoms with van der Waals surface area (Å²) in [6.45, 7) is 2.52. The Morgan fingerprint density at radius 2 is 1.95 bits per heavy atom. The molecule has 0 spiro atoms. The van der Waals surface area contributed by atoms with Crippen LogP contribution >= 0.6 is 15.9 Å². The summed E-state index contributed by atoms with van der Waals surface area (Å²) in [6.07, 6.45) is 1.16. The van der Waals surface area contributed by atoms with E-state index in [1.807, 2.05) is 61.5 Å². The van der Waals surface area contributed by atoms with Crippen molar-refractivity contribution in [2.45, 2.75) is 25.8 Å². The predicted octanol–water partition coefficient (Wildman–Crippen LogP) is 4.49. The fourth-order valence-corrected chi connectivity index (χ4v) is 2.50. The van der Waals surface area contributed by atoms with E-state index in [9.17, 15) is 4.79 Å². The molecule has 1 N–H and O–H groups in total. The molecule has 0 aliphatic heterocycles. The second-order valence-corrected chi connectivity index (χ2v) is 6.02. The van der Waals surface area contributed by atoms with Crippen LogP contribution < -0.4 is 10.1 Å². The molecule has 0 fully saturated rings. The molecule has 0 bridgehead atoms. The summed E-state index contributed by atoms with van der Waals surface area (Å²) < 4.78 is 6.60. The topological polar surface area (TPSA) is 38.3 Å². The fourth-order valence-electron chi connectivity index (χ4n) is 2.12. The lowest BCUT2D eigenvalue weighted by molar-refractivity contribution is -0.121. The summed E-state index contributed by atoms with van der Waals surface area (Å²) in [5.74, 6) is 0.863. The Kier molecular flexibility index (Phi) is 6.46. The molecule has 3 nitrogen and oxygen atoms in total. The van der Waals surface area contributed by atoms with Gasteiger partial charge in [0.25, 0.3) is 0 Å². The Hall–Kier alpha value is -1.81. The molecule has 1 atom stereocenters. The molecule has 0 saturated carbocycles. The fraction of sp³-hybridized carbons (Fsp3) is 0.278.